The number of phenolic OH excluding ortho intramolecular Hbond substituents is 1. The molecule has 0 bridgehead atoms. The second kappa shape index (κ2) is 7.14. The zero-order valence-electron chi connectivity index (χ0n) is 14.8. The van der Waals surface area contributed by atoms with Crippen molar-refractivity contribution in [1.82, 2.24) is 14.7 Å². The molecule has 0 radical (unpaired) electrons. The summed E-state index contributed by atoms with van der Waals surface area (Å²) >= 11 is 6.70. The lowest BCUT2D eigenvalue weighted by Crippen LogP contribution is -2.23. The molecule has 0 aliphatic carbocycles. The maximum absolute atomic E-state index is 9.54. The molecule has 1 aliphatic heterocycles. The van der Waals surface area contributed by atoms with Gasteiger partial charge in [-0.05, 0) is 56.1 Å². The lowest BCUT2D eigenvalue weighted by molar-refractivity contribution is 0.248. The zero-order chi connectivity index (χ0) is 18.1. The number of para-hydroxylation sites is 1. The highest BCUT2D eigenvalue weighted by molar-refractivity contribution is 6.30. The Labute approximate surface area is 158 Å². The molecule has 1 fully saturated rings. The summed E-state index contributed by atoms with van der Waals surface area (Å²) in [5, 5.41) is 14.9. The fraction of sp³-hybridized carbons (Fsp3) is 0.286. The first-order valence-electron chi connectivity index (χ1n) is 8.96. The lowest BCUT2D eigenvalue weighted by atomic mass is 10.0. The van der Waals surface area contributed by atoms with Gasteiger partial charge in [0.1, 0.15) is 10.9 Å². The normalized spacial score (nSPS) is 17.7. The van der Waals surface area contributed by atoms with Gasteiger partial charge in [-0.25, -0.2) is 4.68 Å². The SMILES string of the molecule is Cc1nn(-c2ccccc2)c(Cl)c1CN1CCCC1c1ccc(O)cc1. The number of aryl methyl sites for hydroxylation is 1. The summed E-state index contributed by atoms with van der Waals surface area (Å²) in [5.41, 5.74) is 4.27. The Morgan fingerprint density at radius 3 is 2.58 bits per heavy atom. The number of rotatable bonds is 4. The number of benzene rings is 2. The van der Waals surface area contributed by atoms with Crippen molar-refractivity contribution in [1.29, 1.82) is 0 Å². The van der Waals surface area contributed by atoms with Crippen LogP contribution in [0.25, 0.3) is 5.69 Å². The van der Waals surface area contributed by atoms with Gasteiger partial charge in [0, 0.05) is 18.2 Å². The molecule has 2 aromatic carbocycles. The van der Waals surface area contributed by atoms with Crippen molar-refractivity contribution in [3.05, 3.63) is 76.6 Å². The van der Waals surface area contributed by atoms with Crippen LogP contribution >= 0.6 is 11.6 Å². The zero-order valence-corrected chi connectivity index (χ0v) is 15.5. The molecule has 1 N–H and O–H groups in total. The smallest absolute Gasteiger partial charge is 0.137 e. The van der Waals surface area contributed by atoms with Crippen LogP contribution in [0.15, 0.2) is 54.6 Å². The van der Waals surface area contributed by atoms with Crippen LogP contribution in [-0.2, 0) is 6.54 Å². The van der Waals surface area contributed by atoms with Crippen LogP contribution in [-0.4, -0.2) is 26.3 Å². The van der Waals surface area contributed by atoms with Crippen molar-refractivity contribution in [3.8, 4) is 11.4 Å². The highest BCUT2D eigenvalue weighted by Gasteiger charge is 2.28. The van der Waals surface area contributed by atoms with Crippen molar-refractivity contribution in [2.45, 2.75) is 32.4 Å². The van der Waals surface area contributed by atoms with Gasteiger partial charge >= 0.3 is 0 Å². The standard InChI is InChI=1S/C21H22ClN3O/c1-15-19(21(22)25(23-15)17-6-3-2-4-7-17)14-24-13-5-8-20(24)16-9-11-18(26)12-10-16/h2-4,6-7,9-12,20,26H,5,8,13-14H2,1H3. The van der Waals surface area contributed by atoms with Gasteiger partial charge in [0.15, 0.2) is 0 Å². The maximum Gasteiger partial charge on any atom is 0.137 e. The average Bonchev–Trinajstić information content (AvgIpc) is 3.23. The summed E-state index contributed by atoms with van der Waals surface area (Å²) < 4.78 is 1.82. The van der Waals surface area contributed by atoms with E-state index in [1.54, 1.807) is 12.1 Å². The van der Waals surface area contributed by atoms with Gasteiger partial charge in [0.2, 0.25) is 0 Å². The Kier molecular flexibility index (Phi) is 4.70. The van der Waals surface area contributed by atoms with Crippen LogP contribution in [0.3, 0.4) is 0 Å². The fourth-order valence-corrected chi connectivity index (χ4v) is 4.08. The molecule has 134 valence electrons. The number of aromatic nitrogens is 2. The van der Waals surface area contributed by atoms with Gasteiger partial charge in [-0.2, -0.15) is 5.10 Å². The van der Waals surface area contributed by atoms with E-state index in [0.29, 0.717) is 16.9 Å². The van der Waals surface area contributed by atoms with Gasteiger partial charge in [0.25, 0.3) is 0 Å². The number of nitrogens with zero attached hydrogens (tertiary/aromatic N) is 3. The van der Waals surface area contributed by atoms with E-state index in [4.69, 9.17) is 11.6 Å². The molecule has 1 aliphatic rings. The maximum atomic E-state index is 9.54. The Bertz CT molecular complexity index is 890. The highest BCUT2D eigenvalue weighted by atomic mass is 35.5. The summed E-state index contributed by atoms with van der Waals surface area (Å²) in [7, 11) is 0. The molecule has 0 amide bonds. The Hall–Kier alpha value is -2.30. The number of aromatic hydroxyl groups is 1. The second-order valence-electron chi connectivity index (χ2n) is 6.82. The van der Waals surface area contributed by atoms with E-state index in [2.05, 4.69) is 10.00 Å². The van der Waals surface area contributed by atoms with Gasteiger partial charge in [0.05, 0.1) is 11.4 Å². The van der Waals surface area contributed by atoms with Crippen LogP contribution in [0.4, 0.5) is 0 Å². The minimum absolute atomic E-state index is 0.307. The Morgan fingerprint density at radius 2 is 1.85 bits per heavy atom. The summed E-state index contributed by atoms with van der Waals surface area (Å²) in [4.78, 5) is 2.46. The molecule has 26 heavy (non-hydrogen) atoms. The predicted octanol–water partition coefficient (Wildman–Crippen LogP) is 4.88. The number of likely N-dealkylation sites (tertiary alicyclic amines) is 1. The molecule has 0 saturated carbocycles. The third kappa shape index (κ3) is 3.22. The molecule has 3 aromatic rings. The van der Waals surface area contributed by atoms with Crippen LogP contribution in [0.5, 0.6) is 5.75 Å². The van der Waals surface area contributed by atoms with Crippen molar-refractivity contribution >= 4 is 11.6 Å². The van der Waals surface area contributed by atoms with E-state index in [1.807, 2.05) is 54.1 Å². The molecular formula is C21H22ClN3O. The molecule has 4 rings (SSSR count). The van der Waals surface area contributed by atoms with E-state index >= 15 is 0 Å². The highest BCUT2D eigenvalue weighted by Crippen LogP contribution is 2.35. The molecule has 5 heteroatoms. The van der Waals surface area contributed by atoms with Gasteiger partial charge < -0.3 is 5.11 Å². The molecule has 1 aromatic heterocycles. The van der Waals surface area contributed by atoms with Crippen LogP contribution in [0.2, 0.25) is 5.15 Å². The largest absolute Gasteiger partial charge is 0.508 e. The average molecular weight is 368 g/mol. The molecular weight excluding hydrogens is 346 g/mol. The molecule has 2 heterocycles. The van der Waals surface area contributed by atoms with E-state index in [1.165, 1.54) is 5.56 Å². The van der Waals surface area contributed by atoms with E-state index in [0.717, 1.165) is 42.9 Å². The Balaban J connectivity index is 1.61. The Morgan fingerprint density at radius 1 is 1.12 bits per heavy atom. The number of phenols is 1. The van der Waals surface area contributed by atoms with Gasteiger partial charge in [-0.3, -0.25) is 4.90 Å². The van der Waals surface area contributed by atoms with Crippen LogP contribution in [0, 0.1) is 6.92 Å². The number of hydrogen-bond donors (Lipinski definition) is 1. The second-order valence-corrected chi connectivity index (χ2v) is 7.18. The molecule has 0 spiro atoms. The van der Waals surface area contributed by atoms with Crippen molar-refractivity contribution in [2.24, 2.45) is 0 Å². The van der Waals surface area contributed by atoms with E-state index in [9.17, 15) is 5.11 Å². The summed E-state index contributed by atoms with van der Waals surface area (Å²) in [6.07, 6.45) is 2.28. The third-order valence-corrected chi connectivity index (χ3v) is 5.51. The quantitative estimate of drug-likeness (QED) is 0.714. The monoisotopic (exact) mass is 367 g/mol. The molecule has 1 saturated heterocycles. The number of halogens is 1. The van der Waals surface area contributed by atoms with Crippen LogP contribution < -0.4 is 0 Å². The fourth-order valence-electron chi connectivity index (χ4n) is 3.74. The first kappa shape index (κ1) is 17.1. The molecule has 4 nitrogen and oxygen atoms in total. The van der Waals surface area contributed by atoms with Gasteiger partial charge in [-0.1, -0.05) is 41.9 Å². The molecule has 1 unspecified atom stereocenters. The topological polar surface area (TPSA) is 41.3 Å². The number of hydrogen-bond acceptors (Lipinski definition) is 3. The predicted molar refractivity (Wildman–Crippen MR) is 104 cm³/mol. The van der Waals surface area contributed by atoms with Crippen molar-refractivity contribution in [2.75, 3.05) is 6.54 Å². The van der Waals surface area contributed by atoms with Gasteiger partial charge in [-0.15, -0.1) is 0 Å². The van der Waals surface area contributed by atoms with E-state index in [-0.39, 0.29) is 0 Å². The summed E-state index contributed by atoms with van der Waals surface area (Å²) in [6.45, 7) is 3.84. The third-order valence-electron chi connectivity index (χ3n) is 5.13. The minimum Gasteiger partial charge on any atom is -0.508 e. The van der Waals surface area contributed by atoms with E-state index < -0.39 is 0 Å². The first-order chi connectivity index (χ1) is 12.6. The van der Waals surface area contributed by atoms with Crippen molar-refractivity contribution in [3.63, 3.8) is 0 Å². The summed E-state index contributed by atoms with van der Waals surface area (Å²) in [6, 6.07) is 17.9. The van der Waals surface area contributed by atoms with Crippen LogP contribution in [0.1, 0.15) is 35.7 Å². The first-order valence-corrected chi connectivity index (χ1v) is 9.33. The molecule has 1 atom stereocenters. The summed E-state index contributed by atoms with van der Waals surface area (Å²) in [5.74, 6) is 0.307. The lowest BCUT2D eigenvalue weighted by Gasteiger charge is -2.25. The minimum atomic E-state index is 0.307. The van der Waals surface area contributed by atoms with Crippen molar-refractivity contribution < 1.29 is 5.11 Å².